The summed E-state index contributed by atoms with van der Waals surface area (Å²) in [4.78, 5) is 15.2. The van der Waals surface area contributed by atoms with Crippen LogP contribution in [0.25, 0.3) is 0 Å². The lowest BCUT2D eigenvalue weighted by Gasteiger charge is -2.42. The second kappa shape index (κ2) is 11.4. The minimum Gasteiger partial charge on any atom is -0.493 e. The number of amides is 1. The van der Waals surface area contributed by atoms with Crippen molar-refractivity contribution >= 4 is 15.9 Å². The van der Waals surface area contributed by atoms with Gasteiger partial charge in [0.1, 0.15) is 11.6 Å². The summed E-state index contributed by atoms with van der Waals surface area (Å²) in [5.41, 5.74) is 0.667. The van der Waals surface area contributed by atoms with E-state index in [-0.39, 0.29) is 30.4 Å². The molecular weight excluding hydrogens is 491 g/mol. The molecule has 196 valence electrons. The average Bonchev–Trinajstić information content (AvgIpc) is 2.88. The molecule has 1 saturated heterocycles. The molecule has 0 saturated carbocycles. The highest BCUT2D eigenvalue weighted by atomic mass is 32.2. The van der Waals surface area contributed by atoms with Gasteiger partial charge in [-0.1, -0.05) is 48.5 Å². The highest BCUT2D eigenvalue weighted by Gasteiger charge is 2.43. The topological polar surface area (TPSA) is 66.9 Å². The van der Waals surface area contributed by atoms with Gasteiger partial charge in [0, 0.05) is 38.5 Å². The van der Waals surface area contributed by atoms with Gasteiger partial charge in [0.15, 0.2) is 0 Å². The number of halogens is 1. The number of piperidine rings is 1. The summed E-state index contributed by atoms with van der Waals surface area (Å²) in [5, 5.41) is 0. The van der Waals surface area contributed by atoms with Crippen LogP contribution in [0.2, 0.25) is 0 Å². The van der Waals surface area contributed by atoms with Crippen molar-refractivity contribution in [1.29, 1.82) is 0 Å². The van der Waals surface area contributed by atoms with E-state index in [4.69, 9.17) is 4.74 Å². The van der Waals surface area contributed by atoms with Crippen LogP contribution in [0.5, 0.6) is 5.75 Å². The Kier molecular flexibility index (Phi) is 8.29. The minimum absolute atomic E-state index is 0.0716. The number of sulfonamides is 1. The van der Waals surface area contributed by atoms with Crippen LogP contribution in [-0.2, 0) is 21.4 Å². The van der Waals surface area contributed by atoms with E-state index in [1.807, 2.05) is 60.7 Å². The van der Waals surface area contributed by atoms with Gasteiger partial charge in [-0.3, -0.25) is 4.79 Å². The molecule has 1 aliphatic heterocycles. The number of carbonyl (C=O) groups is 1. The molecule has 0 N–H and O–H groups in total. The highest BCUT2D eigenvalue weighted by Crippen LogP contribution is 2.38. The first kappa shape index (κ1) is 26.8. The zero-order valence-electron chi connectivity index (χ0n) is 21.3. The largest absolute Gasteiger partial charge is 0.493 e. The first-order valence-electron chi connectivity index (χ1n) is 12.4. The molecule has 8 heteroatoms. The maximum absolute atomic E-state index is 13.7. The summed E-state index contributed by atoms with van der Waals surface area (Å²) in [5.74, 6) is 0.117. The van der Waals surface area contributed by atoms with Crippen molar-refractivity contribution in [1.82, 2.24) is 9.21 Å². The van der Waals surface area contributed by atoms with E-state index in [2.05, 4.69) is 0 Å². The first-order chi connectivity index (χ1) is 17.7. The molecule has 1 aliphatic rings. The molecule has 37 heavy (non-hydrogen) atoms. The van der Waals surface area contributed by atoms with Crippen LogP contribution in [0.15, 0.2) is 83.8 Å². The number of para-hydroxylation sites is 1. The quantitative estimate of drug-likeness (QED) is 0.394. The molecule has 6 nitrogen and oxygen atoms in total. The molecule has 1 atom stereocenters. The van der Waals surface area contributed by atoms with Crippen LogP contribution in [-0.4, -0.2) is 50.3 Å². The number of aryl methyl sites for hydroxylation is 1. The zero-order valence-corrected chi connectivity index (χ0v) is 22.1. The van der Waals surface area contributed by atoms with Gasteiger partial charge in [-0.15, -0.1) is 0 Å². The molecule has 3 aromatic rings. The third-order valence-electron chi connectivity index (χ3n) is 6.88. The maximum Gasteiger partial charge on any atom is 0.243 e. The Bertz CT molecular complexity index is 1320. The third kappa shape index (κ3) is 6.56. The third-order valence-corrected chi connectivity index (χ3v) is 8.89. The van der Waals surface area contributed by atoms with Crippen LogP contribution in [0.1, 0.15) is 30.4 Å². The van der Waals surface area contributed by atoms with Gasteiger partial charge < -0.3 is 9.64 Å². The van der Waals surface area contributed by atoms with Gasteiger partial charge in [0.25, 0.3) is 0 Å². The summed E-state index contributed by atoms with van der Waals surface area (Å²) in [6, 6.07) is 22.8. The molecule has 0 radical (unpaired) electrons. The van der Waals surface area contributed by atoms with Crippen molar-refractivity contribution in [3.8, 4) is 5.75 Å². The number of ether oxygens (including phenoxy) is 1. The van der Waals surface area contributed by atoms with E-state index in [9.17, 15) is 17.6 Å². The van der Waals surface area contributed by atoms with Crippen LogP contribution >= 0.6 is 0 Å². The van der Waals surface area contributed by atoms with Crippen molar-refractivity contribution < 1.29 is 22.3 Å². The molecule has 4 rings (SSSR count). The molecule has 0 aliphatic carbocycles. The fraction of sp³-hybridized carbons (Fsp3) is 0.345. The number of carbonyl (C=O) groups excluding carboxylic acids is 1. The molecule has 1 fully saturated rings. The number of benzene rings is 3. The summed E-state index contributed by atoms with van der Waals surface area (Å²) in [6.07, 6.45) is 1.39. The highest BCUT2D eigenvalue weighted by molar-refractivity contribution is 7.89. The molecule has 0 bridgehead atoms. The summed E-state index contributed by atoms with van der Waals surface area (Å²) < 4.78 is 48.4. The SMILES string of the molecule is Cc1cc(F)ccc1S(=O)(=O)N1CCC[C@](COc2ccccc2)(CC(=O)N(C)Cc2ccccc2)C1. The molecule has 1 heterocycles. The smallest absolute Gasteiger partial charge is 0.243 e. The van der Waals surface area contributed by atoms with Gasteiger partial charge in [-0.25, -0.2) is 12.8 Å². The summed E-state index contributed by atoms with van der Waals surface area (Å²) >= 11 is 0. The summed E-state index contributed by atoms with van der Waals surface area (Å²) in [6.45, 7) is 2.74. The lowest BCUT2D eigenvalue weighted by Crippen LogP contribution is -2.50. The Morgan fingerprint density at radius 3 is 2.41 bits per heavy atom. The lowest BCUT2D eigenvalue weighted by molar-refractivity contribution is -0.134. The van der Waals surface area contributed by atoms with E-state index < -0.39 is 21.3 Å². The number of nitrogens with zero attached hydrogens (tertiary/aromatic N) is 2. The zero-order chi connectivity index (χ0) is 26.5. The Balaban J connectivity index is 1.58. The Morgan fingerprint density at radius 2 is 1.73 bits per heavy atom. The lowest BCUT2D eigenvalue weighted by atomic mass is 9.78. The van der Waals surface area contributed by atoms with Crippen molar-refractivity contribution in [2.75, 3.05) is 26.7 Å². The fourth-order valence-corrected chi connectivity index (χ4v) is 6.67. The molecular formula is C29H33FN2O4S. The van der Waals surface area contributed by atoms with Gasteiger partial charge in [-0.2, -0.15) is 4.31 Å². The van der Waals surface area contributed by atoms with Crippen molar-refractivity contribution in [3.63, 3.8) is 0 Å². The molecule has 0 spiro atoms. The molecule has 3 aromatic carbocycles. The Morgan fingerprint density at radius 1 is 1.05 bits per heavy atom. The first-order valence-corrected chi connectivity index (χ1v) is 13.8. The van der Waals surface area contributed by atoms with Crippen LogP contribution < -0.4 is 4.74 Å². The van der Waals surface area contributed by atoms with Crippen molar-refractivity contribution in [2.45, 2.75) is 37.6 Å². The molecule has 0 unspecified atom stereocenters. The minimum atomic E-state index is -3.88. The molecule has 1 amide bonds. The fourth-order valence-electron chi connectivity index (χ4n) is 4.88. The second-order valence-corrected chi connectivity index (χ2v) is 11.8. The number of hydrogen-bond acceptors (Lipinski definition) is 4. The number of rotatable bonds is 9. The predicted molar refractivity (Wildman–Crippen MR) is 141 cm³/mol. The molecule has 0 aromatic heterocycles. The van der Waals surface area contributed by atoms with Crippen molar-refractivity contribution in [3.05, 3.63) is 95.8 Å². The Labute approximate surface area is 218 Å². The predicted octanol–water partition coefficient (Wildman–Crippen LogP) is 5.03. The van der Waals surface area contributed by atoms with Gasteiger partial charge in [0.2, 0.25) is 15.9 Å². The van der Waals surface area contributed by atoms with Gasteiger partial charge >= 0.3 is 0 Å². The van der Waals surface area contributed by atoms with E-state index >= 15 is 0 Å². The number of hydrogen-bond donors (Lipinski definition) is 0. The standard InChI is InChI=1S/C29H33FN2O4S/c1-23-18-25(30)14-15-27(23)37(34,35)32-17-9-16-29(21-32,22-36-26-12-7-4-8-13-26)19-28(33)31(2)20-24-10-5-3-6-11-24/h3-8,10-15,18H,9,16-17,19-22H2,1-2H3/t29-/m0/s1. The monoisotopic (exact) mass is 524 g/mol. The van der Waals surface area contributed by atoms with Crippen LogP contribution in [0, 0.1) is 18.2 Å². The van der Waals surface area contributed by atoms with Gasteiger partial charge in [0.05, 0.1) is 11.5 Å². The Hall–Kier alpha value is -3.23. The van der Waals surface area contributed by atoms with E-state index in [0.717, 1.165) is 11.6 Å². The van der Waals surface area contributed by atoms with Crippen LogP contribution in [0.4, 0.5) is 4.39 Å². The van der Waals surface area contributed by atoms with E-state index in [0.29, 0.717) is 37.2 Å². The average molecular weight is 525 g/mol. The van der Waals surface area contributed by atoms with Gasteiger partial charge in [-0.05, 0) is 61.2 Å². The van der Waals surface area contributed by atoms with Crippen LogP contribution in [0.3, 0.4) is 0 Å². The summed E-state index contributed by atoms with van der Waals surface area (Å²) in [7, 11) is -2.12. The van der Waals surface area contributed by atoms with E-state index in [1.54, 1.807) is 18.9 Å². The van der Waals surface area contributed by atoms with Crippen molar-refractivity contribution in [2.24, 2.45) is 5.41 Å². The maximum atomic E-state index is 13.7. The normalized spacial score (nSPS) is 18.4. The van der Waals surface area contributed by atoms with E-state index in [1.165, 1.54) is 16.4 Å². The second-order valence-electron chi connectivity index (χ2n) is 9.87.